The van der Waals surface area contributed by atoms with Crippen LogP contribution >= 0.6 is 0 Å². The molecule has 1 heterocycles. The van der Waals surface area contributed by atoms with Gasteiger partial charge < -0.3 is 24.2 Å². The van der Waals surface area contributed by atoms with Crippen molar-refractivity contribution < 1.29 is 32.5 Å². The number of carbonyl (C=O) groups excluding carboxylic acids is 1. The predicted octanol–water partition coefficient (Wildman–Crippen LogP) is 3.99. The summed E-state index contributed by atoms with van der Waals surface area (Å²) in [7, 11) is 0.149. The van der Waals surface area contributed by atoms with Gasteiger partial charge in [-0.2, -0.15) is 0 Å². The van der Waals surface area contributed by atoms with Crippen LogP contribution in [0, 0.1) is 5.92 Å². The first-order valence-corrected chi connectivity index (χ1v) is 16.4. The molecule has 0 radical (unpaired) electrons. The molecule has 1 amide bonds. The summed E-state index contributed by atoms with van der Waals surface area (Å²) in [6.07, 6.45) is 3.28. The third-order valence-corrected chi connectivity index (χ3v) is 8.06. The van der Waals surface area contributed by atoms with Gasteiger partial charge in [-0.3, -0.25) is 14.4 Å². The maximum Gasteiger partial charge on any atom is 0.258 e. The first-order valence-electron chi connectivity index (χ1n) is 14.5. The summed E-state index contributed by atoms with van der Waals surface area (Å²) >= 11 is 0. The molecule has 4 atom stereocenters. The van der Waals surface area contributed by atoms with Gasteiger partial charge in [0.25, 0.3) is 5.91 Å². The van der Waals surface area contributed by atoms with Crippen LogP contribution in [0.2, 0.25) is 0 Å². The molecule has 234 valence electrons. The lowest BCUT2D eigenvalue weighted by Gasteiger charge is -2.36. The number of rotatable bonds is 9. The van der Waals surface area contributed by atoms with Crippen LogP contribution in [0.3, 0.4) is 0 Å². The number of nitrogens with one attached hydrogen (secondary N) is 1. The zero-order valence-corrected chi connectivity index (χ0v) is 26.5. The fourth-order valence-corrected chi connectivity index (χ4v) is 5.63. The Hall–Kier alpha value is -2.86. The summed E-state index contributed by atoms with van der Waals surface area (Å²) in [6.45, 7) is 7.89. The lowest BCUT2D eigenvalue weighted by Crippen LogP contribution is -2.47. The number of sulfonamides is 1. The molecule has 0 saturated heterocycles. The number of benzene rings is 2. The third-order valence-electron chi connectivity index (χ3n) is 7.46. The minimum atomic E-state index is -3.55. The SMILES string of the molecule is COc1ccc(CN(C)C[C@@H]2OCCCC[C@H](C)Oc3ccc(NS(C)(=O)=O)cc3C(=O)N([C@@H](C)CO)C[C@H]2C)cc1. The van der Waals surface area contributed by atoms with Crippen molar-refractivity contribution in [1.82, 2.24) is 9.80 Å². The fourth-order valence-electron chi connectivity index (χ4n) is 5.08. The fraction of sp³-hybridized carbons (Fsp3) is 0.581. The monoisotopic (exact) mass is 605 g/mol. The Balaban J connectivity index is 1.90. The number of amides is 1. The van der Waals surface area contributed by atoms with E-state index in [0.717, 1.165) is 43.4 Å². The van der Waals surface area contributed by atoms with Crippen molar-refractivity contribution >= 4 is 21.6 Å². The van der Waals surface area contributed by atoms with Crippen molar-refractivity contribution in [2.24, 2.45) is 5.92 Å². The van der Waals surface area contributed by atoms with E-state index in [4.69, 9.17) is 14.2 Å². The summed E-state index contributed by atoms with van der Waals surface area (Å²) in [5, 5.41) is 10.1. The van der Waals surface area contributed by atoms with E-state index in [0.29, 0.717) is 25.4 Å². The van der Waals surface area contributed by atoms with Gasteiger partial charge in [0, 0.05) is 37.8 Å². The largest absolute Gasteiger partial charge is 0.497 e. The summed E-state index contributed by atoms with van der Waals surface area (Å²) in [5.74, 6) is 0.793. The molecule has 2 aromatic rings. The van der Waals surface area contributed by atoms with Crippen LogP contribution in [0.25, 0.3) is 0 Å². The van der Waals surface area contributed by atoms with Gasteiger partial charge in [-0.25, -0.2) is 8.42 Å². The average Bonchev–Trinajstić information content (AvgIpc) is 2.94. The van der Waals surface area contributed by atoms with Crippen molar-refractivity contribution in [2.45, 2.75) is 64.8 Å². The Bertz CT molecular complexity index is 1260. The second kappa shape index (κ2) is 15.6. The van der Waals surface area contributed by atoms with Gasteiger partial charge in [-0.05, 0) is 76.1 Å². The van der Waals surface area contributed by atoms with Gasteiger partial charge in [-0.15, -0.1) is 0 Å². The minimum Gasteiger partial charge on any atom is -0.497 e. The summed E-state index contributed by atoms with van der Waals surface area (Å²) in [5.41, 5.74) is 1.67. The minimum absolute atomic E-state index is 0.0650. The topological polar surface area (TPSA) is 118 Å². The maximum absolute atomic E-state index is 14.1. The smallest absolute Gasteiger partial charge is 0.258 e. The van der Waals surface area contributed by atoms with E-state index >= 15 is 0 Å². The van der Waals surface area contributed by atoms with Gasteiger partial charge in [0.15, 0.2) is 0 Å². The second-order valence-electron chi connectivity index (χ2n) is 11.4. The van der Waals surface area contributed by atoms with Gasteiger partial charge >= 0.3 is 0 Å². The molecule has 0 aliphatic carbocycles. The molecule has 0 aromatic heterocycles. The first-order chi connectivity index (χ1) is 19.9. The van der Waals surface area contributed by atoms with Crippen LogP contribution in [-0.4, -0.2) is 94.2 Å². The van der Waals surface area contributed by atoms with Crippen LogP contribution in [0.4, 0.5) is 5.69 Å². The molecule has 1 aliphatic rings. The molecule has 0 fully saturated rings. The highest BCUT2D eigenvalue weighted by Gasteiger charge is 2.30. The van der Waals surface area contributed by atoms with Gasteiger partial charge in [0.05, 0.1) is 43.8 Å². The number of likely N-dealkylation sites (N-methyl/N-ethyl adjacent to an activating group) is 1. The highest BCUT2D eigenvalue weighted by Crippen LogP contribution is 2.29. The number of carbonyl (C=O) groups is 1. The van der Waals surface area contributed by atoms with E-state index in [2.05, 4.69) is 23.6 Å². The lowest BCUT2D eigenvalue weighted by molar-refractivity contribution is -0.0177. The van der Waals surface area contributed by atoms with Crippen molar-refractivity contribution in [3.8, 4) is 11.5 Å². The summed E-state index contributed by atoms with van der Waals surface area (Å²) < 4.78 is 44.2. The van der Waals surface area contributed by atoms with Crippen LogP contribution in [0.1, 0.15) is 56.0 Å². The number of aliphatic hydroxyl groups is 1. The number of anilines is 1. The first kappa shape index (κ1) is 33.6. The van der Waals surface area contributed by atoms with E-state index in [-0.39, 0.29) is 41.9 Å². The maximum atomic E-state index is 14.1. The Morgan fingerprint density at radius 3 is 2.52 bits per heavy atom. The molecule has 0 spiro atoms. The average molecular weight is 606 g/mol. The number of nitrogens with zero attached hydrogens (tertiary/aromatic N) is 2. The molecule has 3 rings (SSSR count). The van der Waals surface area contributed by atoms with Crippen LogP contribution < -0.4 is 14.2 Å². The molecule has 42 heavy (non-hydrogen) atoms. The molecule has 1 aliphatic heterocycles. The molecule has 0 saturated carbocycles. The molecular weight excluding hydrogens is 558 g/mol. The van der Waals surface area contributed by atoms with Crippen molar-refractivity contribution in [3.05, 3.63) is 53.6 Å². The third kappa shape index (κ3) is 10.1. The van der Waals surface area contributed by atoms with Gasteiger partial charge in [0.2, 0.25) is 10.0 Å². The van der Waals surface area contributed by atoms with E-state index in [1.807, 2.05) is 31.2 Å². The van der Waals surface area contributed by atoms with E-state index in [1.54, 1.807) is 31.1 Å². The standard InChI is InChI=1S/C31H47N3O7S/c1-22-18-34(23(2)21-35)31(36)28-17-26(32-42(6,37)38)12-15-29(28)41-24(3)9-7-8-16-40-30(22)20-33(4)19-25-10-13-27(39-5)14-11-25/h10-15,17,22-24,30,32,35H,7-9,16,18-21H2,1-6H3/t22-,23+,24+,30+/m1/s1. The van der Waals surface area contributed by atoms with Crippen molar-refractivity contribution in [1.29, 1.82) is 0 Å². The Kier molecular flexibility index (Phi) is 12.5. The van der Waals surface area contributed by atoms with Crippen LogP contribution in [-0.2, 0) is 21.3 Å². The van der Waals surface area contributed by atoms with Crippen LogP contribution in [0.15, 0.2) is 42.5 Å². The van der Waals surface area contributed by atoms with Crippen molar-refractivity contribution in [2.75, 3.05) is 51.4 Å². The number of ether oxygens (including phenoxy) is 3. The highest BCUT2D eigenvalue weighted by molar-refractivity contribution is 7.92. The molecule has 2 N–H and O–H groups in total. The zero-order chi connectivity index (χ0) is 30.9. The second-order valence-corrected chi connectivity index (χ2v) is 13.2. The molecule has 11 heteroatoms. The molecule has 10 nitrogen and oxygen atoms in total. The van der Waals surface area contributed by atoms with Gasteiger partial charge in [0.1, 0.15) is 11.5 Å². The number of methoxy groups -OCH3 is 1. The Labute approximate surface area is 251 Å². The Morgan fingerprint density at radius 1 is 1.17 bits per heavy atom. The predicted molar refractivity (Wildman–Crippen MR) is 165 cm³/mol. The normalized spacial score (nSPS) is 21.7. The van der Waals surface area contributed by atoms with E-state index in [9.17, 15) is 18.3 Å². The van der Waals surface area contributed by atoms with Crippen LogP contribution in [0.5, 0.6) is 11.5 Å². The zero-order valence-electron chi connectivity index (χ0n) is 25.7. The Morgan fingerprint density at radius 2 is 1.88 bits per heavy atom. The number of aliphatic hydroxyl groups excluding tert-OH is 1. The number of hydrogen-bond acceptors (Lipinski definition) is 8. The van der Waals surface area contributed by atoms with E-state index in [1.165, 1.54) is 6.07 Å². The molecule has 0 unspecified atom stereocenters. The molecule has 0 bridgehead atoms. The quantitative estimate of drug-likeness (QED) is 0.441. The van der Waals surface area contributed by atoms with Crippen molar-refractivity contribution in [3.63, 3.8) is 0 Å². The summed E-state index contributed by atoms with van der Waals surface area (Å²) in [4.78, 5) is 17.9. The molecular formula is C31H47N3O7S. The number of hydrogen-bond donors (Lipinski definition) is 2. The lowest BCUT2D eigenvalue weighted by atomic mass is 10.0. The van der Waals surface area contributed by atoms with Gasteiger partial charge in [-0.1, -0.05) is 19.1 Å². The molecule has 2 aromatic carbocycles. The summed E-state index contributed by atoms with van der Waals surface area (Å²) in [6, 6.07) is 12.2. The number of fused-ring (bicyclic) bond motifs is 1. The highest BCUT2D eigenvalue weighted by atomic mass is 32.2. The van der Waals surface area contributed by atoms with E-state index < -0.39 is 16.1 Å².